The molecule has 0 aliphatic rings. The second-order valence-electron chi connectivity index (χ2n) is 11.0. The number of hydrogen-bond donors (Lipinski definition) is 1. The van der Waals surface area contributed by atoms with E-state index in [0.29, 0.717) is 52.9 Å². The molecule has 0 aromatic heterocycles. The van der Waals surface area contributed by atoms with Gasteiger partial charge < -0.3 is 33.7 Å². The molecule has 0 heterocycles. The normalized spacial score (nSPS) is 12.5. The Morgan fingerprint density at radius 3 is 1.36 bits per heavy atom. The van der Waals surface area contributed by atoms with Crippen LogP contribution in [0.4, 0.5) is 0 Å². The number of nitrogens with zero attached hydrogens (tertiary/aromatic N) is 1. The van der Waals surface area contributed by atoms with Crippen LogP contribution in [0.2, 0.25) is 0 Å². The lowest BCUT2D eigenvalue weighted by Gasteiger charge is -2.20. The summed E-state index contributed by atoms with van der Waals surface area (Å²) >= 11 is 0. The van der Waals surface area contributed by atoms with Crippen molar-refractivity contribution in [2.24, 2.45) is 0 Å². The molecule has 0 rings (SSSR count). The van der Waals surface area contributed by atoms with Crippen molar-refractivity contribution in [1.29, 1.82) is 0 Å². The van der Waals surface area contributed by atoms with Crippen molar-refractivity contribution in [2.75, 3.05) is 86.7 Å². The van der Waals surface area contributed by atoms with Crippen LogP contribution in [0.5, 0.6) is 0 Å². The highest BCUT2D eigenvalue weighted by atomic mass is 16.6. The second kappa shape index (κ2) is 33.9. The fourth-order valence-corrected chi connectivity index (χ4v) is 4.46. The van der Waals surface area contributed by atoms with E-state index in [1.807, 2.05) is 0 Å². The summed E-state index contributed by atoms with van der Waals surface area (Å²) in [7, 11) is 4.20. The van der Waals surface area contributed by atoms with Crippen LogP contribution in [0.15, 0.2) is 0 Å². The molecular formula is C32H67NO6. The molecule has 39 heavy (non-hydrogen) atoms. The summed E-state index contributed by atoms with van der Waals surface area (Å²) in [4.78, 5) is 2.20. The van der Waals surface area contributed by atoms with Crippen LogP contribution in [0, 0.1) is 0 Å². The molecular weight excluding hydrogens is 494 g/mol. The maximum absolute atomic E-state index is 8.63. The Balaban J connectivity index is 3.54. The predicted molar refractivity (Wildman–Crippen MR) is 163 cm³/mol. The molecule has 236 valence electrons. The van der Waals surface area contributed by atoms with Crippen molar-refractivity contribution in [3.8, 4) is 0 Å². The lowest BCUT2D eigenvalue weighted by Crippen LogP contribution is -2.27. The largest absolute Gasteiger partial charge is 0.394 e. The van der Waals surface area contributed by atoms with Crippen molar-refractivity contribution in [3.05, 3.63) is 0 Å². The highest BCUT2D eigenvalue weighted by Gasteiger charge is 2.10. The van der Waals surface area contributed by atoms with E-state index >= 15 is 0 Å². The van der Waals surface area contributed by atoms with Crippen molar-refractivity contribution < 1.29 is 28.8 Å². The summed E-state index contributed by atoms with van der Waals surface area (Å²) in [6.45, 7) is 8.37. The van der Waals surface area contributed by atoms with E-state index in [0.717, 1.165) is 26.0 Å². The molecule has 1 N–H and O–H groups in total. The van der Waals surface area contributed by atoms with Crippen LogP contribution in [-0.2, 0) is 23.7 Å². The number of aliphatic hydroxyl groups is 1. The summed E-state index contributed by atoms with van der Waals surface area (Å²) in [6.07, 6.45) is 23.3. The Morgan fingerprint density at radius 2 is 0.923 bits per heavy atom. The molecule has 0 radical (unpaired) electrons. The third-order valence-electron chi connectivity index (χ3n) is 6.91. The zero-order valence-corrected chi connectivity index (χ0v) is 26.3. The highest BCUT2D eigenvalue weighted by molar-refractivity contribution is 4.60. The summed E-state index contributed by atoms with van der Waals surface area (Å²) in [5.41, 5.74) is 0. The first-order valence-electron chi connectivity index (χ1n) is 16.4. The molecule has 7 heteroatoms. The molecule has 0 aliphatic carbocycles. The van der Waals surface area contributed by atoms with Gasteiger partial charge in [-0.25, -0.2) is 0 Å². The first-order valence-corrected chi connectivity index (χ1v) is 16.4. The summed E-state index contributed by atoms with van der Waals surface area (Å²) in [5.74, 6) is 0. The molecule has 0 spiro atoms. The minimum atomic E-state index is 0.0453. The zero-order chi connectivity index (χ0) is 28.5. The van der Waals surface area contributed by atoms with Crippen LogP contribution in [0.3, 0.4) is 0 Å². The van der Waals surface area contributed by atoms with E-state index < -0.39 is 0 Å². The summed E-state index contributed by atoms with van der Waals surface area (Å²) < 4.78 is 28.1. The first-order chi connectivity index (χ1) is 19.2. The lowest BCUT2D eigenvalue weighted by atomic mass is 10.0. The molecule has 0 aromatic rings. The molecule has 0 saturated carbocycles. The number of ether oxygens (including phenoxy) is 5. The summed E-state index contributed by atoms with van der Waals surface area (Å²) in [6, 6.07) is 0. The van der Waals surface area contributed by atoms with Crippen LogP contribution in [0.25, 0.3) is 0 Å². The quantitative estimate of drug-likeness (QED) is 0.0883. The monoisotopic (exact) mass is 561 g/mol. The van der Waals surface area contributed by atoms with Crippen LogP contribution < -0.4 is 0 Å². The van der Waals surface area contributed by atoms with E-state index in [9.17, 15) is 0 Å². The molecule has 0 fully saturated rings. The van der Waals surface area contributed by atoms with Crippen molar-refractivity contribution >= 4 is 0 Å². The lowest BCUT2D eigenvalue weighted by molar-refractivity contribution is -0.0431. The van der Waals surface area contributed by atoms with E-state index in [-0.39, 0.29) is 12.7 Å². The second-order valence-corrected chi connectivity index (χ2v) is 11.0. The van der Waals surface area contributed by atoms with E-state index in [1.54, 1.807) is 0 Å². The van der Waals surface area contributed by atoms with Crippen LogP contribution >= 0.6 is 0 Å². The Morgan fingerprint density at radius 1 is 0.513 bits per heavy atom. The maximum atomic E-state index is 8.63. The first kappa shape index (κ1) is 38.7. The number of hydrogen-bond acceptors (Lipinski definition) is 7. The van der Waals surface area contributed by atoms with Crippen molar-refractivity contribution in [1.82, 2.24) is 4.90 Å². The average molecular weight is 562 g/mol. The van der Waals surface area contributed by atoms with Gasteiger partial charge in [0, 0.05) is 13.2 Å². The maximum Gasteiger partial charge on any atom is 0.0820 e. The van der Waals surface area contributed by atoms with Gasteiger partial charge in [0.15, 0.2) is 0 Å². The molecule has 1 unspecified atom stereocenters. The van der Waals surface area contributed by atoms with Gasteiger partial charge in [0.05, 0.1) is 65.6 Å². The minimum absolute atomic E-state index is 0.0453. The smallest absolute Gasteiger partial charge is 0.0820 e. The van der Waals surface area contributed by atoms with Crippen LogP contribution in [-0.4, -0.2) is 103 Å². The highest BCUT2D eigenvalue weighted by Crippen LogP contribution is 2.14. The minimum Gasteiger partial charge on any atom is -0.394 e. The standard InChI is InChI=1S/C32H67NO6/c1-4-5-6-7-8-9-10-11-12-13-14-15-16-17-18-19-23-39-32(20-21-33(2)3)31-38-30-29-37-28-27-36-26-25-35-24-22-34/h32,34H,4-31H2,1-3H3. The predicted octanol–water partition coefficient (Wildman–Crippen LogP) is 6.64. The van der Waals surface area contributed by atoms with Gasteiger partial charge in [-0.1, -0.05) is 103 Å². The molecule has 7 nitrogen and oxygen atoms in total. The third-order valence-corrected chi connectivity index (χ3v) is 6.91. The molecule has 0 aromatic carbocycles. The van der Waals surface area contributed by atoms with Gasteiger partial charge in [-0.15, -0.1) is 0 Å². The van der Waals surface area contributed by atoms with E-state index in [2.05, 4.69) is 25.9 Å². The van der Waals surface area contributed by atoms with Gasteiger partial charge in [-0.3, -0.25) is 0 Å². The van der Waals surface area contributed by atoms with Gasteiger partial charge >= 0.3 is 0 Å². The van der Waals surface area contributed by atoms with Gasteiger partial charge in [0.25, 0.3) is 0 Å². The molecule has 0 bridgehead atoms. The number of unbranched alkanes of at least 4 members (excludes halogenated alkanes) is 15. The molecule has 0 saturated heterocycles. The van der Waals surface area contributed by atoms with E-state index in [4.69, 9.17) is 28.8 Å². The fraction of sp³-hybridized carbons (Fsp3) is 1.00. The van der Waals surface area contributed by atoms with Gasteiger partial charge in [-0.05, 0) is 26.9 Å². The van der Waals surface area contributed by atoms with Crippen molar-refractivity contribution in [2.45, 2.75) is 122 Å². The van der Waals surface area contributed by atoms with Gasteiger partial charge in [0.1, 0.15) is 0 Å². The molecule has 0 amide bonds. The number of aliphatic hydroxyl groups excluding tert-OH is 1. The van der Waals surface area contributed by atoms with Gasteiger partial charge in [0.2, 0.25) is 0 Å². The summed E-state index contributed by atoms with van der Waals surface area (Å²) in [5, 5.41) is 8.63. The fourth-order valence-electron chi connectivity index (χ4n) is 4.46. The zero-order valence-electron chi connectivity index (χ0n) is 26.3. The number of rotatable bonds is 34. The van der Waals surface area contributed by atoms with Crippen LogP contribution in [0.1, 0.15) is 116 Å². The Labute approximate surface area is 242 Å². The average Bonchev–Trinajstić information content (AvgIpc) is 2.93. The molecule has 1 atom stereocenters. The molecule has 0 aliphatic heterocycles. The third kappa shape index (κ3) is 33.8. The van der Waals surface area contributed by atoms with E-state index in [1.165, 1.54) is 96.3 Å². The Hall–Kier alpha value is -0.280. The topological polar surface area (TPSA) is 69.6 Å². The van der Waals surface area contributed by atoms with Gasteiger partial charge in [-0.2, -0.15) is 0 Å². The SMILES string of the molecule is CCCCCCCCCCCCCCCCCCOC(CCN(C)C)COCCOCCOCCOCCO. The Kier molecular flexibility index (Phi) is 33.7. The Bertz CT molecular complexity index is 441. The van der Waals surface area contributed by atoms with Crippen molar-refractivity contribution in [3.63, 3.8) is 0 Å².